The molecule has 0 aromatic heterocycles. The van der Waals surface area contributed by atoms with Crippen LogP contribution in [0.2, 0.25) is 0 Å². The van der Waals surface area contributed by atoms with Gasteiger partial charge in [-0.25, -0.2) is 4.39 Å². The first-order valence-corrected chi connectivity index (χ1v) is 6.25. The van der Waals surface area contributed by atoms with Crippen molar-refractivity contribution in [1.29, 1.82) is 0 Å². The van der Waals surface area contributed by atoms with E-state index in [2.05, 4.69) is 6.07 Å². The lowest BCUT2D eigenvalue weighted by atomic mass is 10.1. The SMILES string of the molecule is Cc1cc(C)c(C)c(Oc2ccc(CN)cc2F)c1. The standard InChI is InChI=1S/C16H18FNO/c1-10-6-11(2)12(3)16(7-10)19-15-5-4-13(9-18)8-14(15)17/h4-8H,9,18H2,1-3H3. The fraction of sp³-hybridized carbons (Fsp3) is 0.250. The van der Waals surface area contributed by atoms with Crippen molar-refractivity contribution in [2.75, 3.05) is 0 Å². The summed E-state index contributed by atoms with van der Waals surface area (Å²) < 4.78 is 19.6. The number of hydrogen-bond donors (Lipinski definition) is 1. The molecule has 0 aliphatic heterocycles. The molecule has 0 aliphatic rings. The summed E-state index contributed by atoms with van der Waals surface area (Å²) in [6, 6.07) is 8.80. The summed E-state index contributed by atoms with van der Waals surface area (Å²) >= 11 is 0. The van der Waals surface area contributed by atoms with E-state index in [1.54, 1.807) is 12.1 Å². The Morgan fingerprint density at radius 3 is 2.42 bits per heavy atom. The Balaban J connectivity index is 2.36. The molecule has 2 aromatic rings. The average molecular weight is 259 g/mol. The van der Waals surface area contributed by atoms with Gasteiger partial charge >= 0.3 is 0 Å². The molecular weight excluding hydrogens is 241 g/mol. The van der Waals surface area contributed by atoms with E-state index < -0.39 is 0 Å². The Kier molecular flexibility index (Phi) is 3.86. The Hall–Kier alpha value is -1.87. The molecule has 3 heteroatoms. The van der Waals surface area contributed by atoms with E-state index in [1.807, 2.05) is 26.8 Å². The molecule has 0 unspecified atom stereocenters. The highest BCUT2D eigenvalue weighted by molar-refractivity contribution is 5.44. The van der Waals surface area contributed by atoms with Crippen LogP contribution >= 0.6 is 0 Å². The maximum Gasteiger partial charge on any atom is 0.166 e. The van der Waals surface area contributed by atoms with Gasteiger partial charge in [0.25, 0.3) is 0 Å². The van der Waals surface area contributed by atoms with Gasteiger partial charge in [-0.15, -0.1) is 0 Å². The second-order valence-corrected chi connectivity index (χ2v) is 4.78. The van der Waals surface area contributed by atoms with Gasteiger partial charge in [0, 0.05) is 6.54 Å². The summed E-state index contributed by atoms with van der Waals surface area (Å²) in [5.41, 5.74) is 9.48. The van der Waals surface area contributed by atoms with Crippen LogP contribution in [-0.2, 0) is 6.54 Å². The largest absolute Gasteiger partial charge is 0.454 e. The first-order chi connectivity index (χ1) is 9.01. The molecule has 0 heterocycles. The zero-order valence-electron chi connectivity index (χ0n) is 11.5. The smallest absolute Gasteiger partial charge is 0.166 e. The number of benzene rings is 2. The van der Waals surface area contributed by atoms with Crippen LogP contribution in [-0.4, -0.2) is 0 Å². The number of hydrogen-bond acceptors (Lipinski definition) is 2. The van der Waals surface area contributed by atoms with Crippen molar-refractivity contribution in [2.24, 2.45) is 5.73 Å². The van der Waals surface area contributed by atoms with Gasteiger partial charge in [-0.2, -0.15) is 0 Å². The van der Waals surface area contributed by atoms with Gasteiger partial charge in [-0.3, -0.25) is 0 Å². The lowest BCUT2D eigenvalue weighted by Crippen LogP contribution is -1.98. The predicted molar refractivity (Wildman–Crippen MR) is 75.0 cm³/mol. The maximum atomic E-state index is 13.9. The van der Waals surface area contributed by atoms with Gasteiger partial charge in [0.15, 0.2) is 11.6 Å². The van der Waals surface area contributed by atoms with Gasteiger partial charge < -0.3 is 10.5 Å². The molecule has 0 atom stereocenters. The molecule has 0 saturated heterocycles. The first kappa shape index (κ1) is 13.6. The third kappa shape index (κ3) is 2.93. The normalized spacial score (nSPS) is 10.6. The molecule has 2 N–H and O–H groups in total. The number of ether oxygens (including phenoxy) is 1. The highest BCUT2D eigenvalue weighted by Gasteiger charge is 2.09. The number of aryl methyl sites for hydroxylation is 2. The number of rotatable bonds is 3. The highest BCUT2D eigenvalue weighted by atomic mass is 19.1. The zero-order chi connectivity index (χ0) is 14.0. The Bertz CT molecular complexity index is 608. The summed E-state index contributed by atoms with van der Waals surface area (Å²) in [6.07, 6.45) is 0. The van der Waals surface area contributed by atoms with Crippen LogP contribution in [0.5, 0.6) is 11.5 Å². The molecule has 100 valence electrons. The first-order valence-electron chi connectivity index (χ1n) is 6.25. The van der Waals surface area contributed by atoms with Crippen LogP contribution in [0.3, 0.4) is 0 Å². The maximum absolute atomic E-state index is 13.9. The van der Waals surface area contributed by atoms with E-state index in [9.17, 15) is 4.39 Å². The van der Waals surface area contributed by atoms with E-state index in [1.165, 1.54) is 6.07 Å². The van der Waals surface area contributed by atoms with E-state index in [4.69, 9.17) is 10.5 Å². The molecule has 0 radical (unpaired) electrons. The molecule has 2 nitrogen and oxygen atoms in total. The molecule has 0 spiro atoms. The number of nitrogens with two attached hydrogens (primary N) is 1. The second kappa shape index (κ2) is 5.41. The molecule has 0 amide bonds. The summed E-state index contributed by atoms with van der Waals surface area (Å²) in [4.78, 5) is 0. The summed E-state index contributed by atoms with van der Waals surface area (Å²) in [7, 11) is 0. The number of halogens is 1. The van der Waals surface area contributed by atoms with Gasteiger partial charge in [-0.1, -0.05) is 12.1 Å². The van der Waals surface area contributed by atoms with Crippen molar-refractivity contribution in [1.82, 2.24) is 0 Å². The van der Waals surface area contributed by atoms with Gasteiger partial charge in [-0.05, 0) is 61.2 Å². The van der Waals surface area contributed by atoms with Gasteiger partial charge in [0.05, 0.1) is 0 Å². The Labute approximate surface area is 113 Å². The fourth-order valence-electron chi connectivity index (χ4n) is 1.98. The van der Waals surface area contributed by atoms with Crippen LogP contribution in [0.25, 0.3) is 0 Å². The highest BCUT2D eigenvalue weighted by Crippen LogP contribution is 2.30. The minimum Gasteiger partial charge on any atom is -0.454 e. The van der Waals surface area contributed by atoms with Gasteiger partial charge in [0.1, 0.15) is 5.75 Å². The third-order valence-corrected chi connectivity index (χ3v) is 3.22. The van der Waals surface area contributed by atoms with Crippen LogP contribution < -0.4 is 10.5 Å². The van der Waals surface area contributed by atoms with Crippen molar-refractivity contribution >= 4 is 0 Å². The molecule has 0 bridgehead atoms. The van der Waals surface area contributed by atoms with Crippen molar-refractivity contribution in [3.8, 4) is 11.5 Å². The average Bonchev–Trinajstić information content (AvgIpc) is 2.37. The molecule has 0 saturated carbocycles. The summed E-state index contributed by atoms with van der Waals surface area (Å²) in [5.74, 6) is 0.531. The zero-order valence-corrected chi connectivity index (χ0v) is 11.5. The van der Waals surface area contributed by atoms with E-state index in [0.717, 1.165) is 22.3 Å². The van der Waals surface area contributed by atoms with Crippen LogP contribution in [0.1, 0.15) is 22.3 Å². The molecule has 2 aromatic carbocycles. The molecule has 2 rings (SSSR count). The minimum absolute atomic E-state index is 0.227. The van der Waals surface area contributed by atoms with Crippen molar-refractivity contribution in [3.63, 3.8) is 0 Å². The van der Waals surface area contributed by atoms with E-state index in [-0.39, 0.29) is 11.6 Å². The predicted octanol–water partition coefficient (Wildman–Crippen LogP) is 4.00. The molecular formula is C16H18FNO. The van der Waals surface area contributed by atoms with E-state index in [0.29, 0.717) is 12.3 Å². The lowest BCUT2D eigenvalue weighted by molar-refractivity contribution is 0.438. The van der Waals surface area contributed by atoms with Crippen molar-refractivity contribution < 1.29 is 9.13 Å². The quantitative estimate of drug-likeness (QED) is 0.904. The van der Waals surface area contributed by atoms with Crippen LogP contribution in [0, 0.1) is 26.6 Å². The summed E-state index contributed by atoms with van der Waals surface area (Å²) in [6.45, 7) is 6.30. The second-order valence-electron chi connectivity index (χ2n) is 4.78. The molecule has 0 fully saturated rings. The van der Waals surface area contributed by atoms with Crippen LogP contribution in [0.4, 0.5) is 4.39 Å². The summed E-state index contributed by atoms with van der Waals surface area (Å²) in [5, 5.41) is 0. The fourth-order valence-corrected chi connectivity index (χ4v) is 1.98. The lowest BCUT2D eigenvalue weighted by Gasteiger charge is -2.13. The van der Waals surface area contributed by atoms with Crippen LogP contribution in [0.15, 0.2) is 30.3 Å². The molecule has 0 aliphatic carbocycles. The topological polar surface area (TPSA) is 35.2 Å². The minimum atomic E-state index is -0.387. The Morgan fingerprint density at radius 1 is 1.05 bits per heavy atom. The van der Waals surface area contributed by atoms with Gasteiger partial charge in [0.2, 0.25) is 0 Å². The third-order valence-electron chi connectivity index (χ3n) is 3.22. The van der Waals surface area contributed by atoms with Crippen molar-refractivity contribution in [3.05, 3.63) is 58.4 Å². The van der Waals surface area contributed by atoms with Crippen molar-refractivity contribution in [2.45, 2.75) is 27.3 Å². The van der Waals surface area contributed by atoms with E-state index >= 15 is 0 Å². The molecule has 19 heavy (non-hydrogen) atoms. The monoisotopic (exact) mass is 259 g/mol. The Morgan fingerprint density at radius 2 is 1.79 bits per heavy atom.